The Kier molecular flexibility index (Phi) is 5.92. The number of morpholine rings is 2. The van der Waals surface area contributed by atoms with Gasteiger partial charge in [-0.15, -0.1) is 0 Å². The molecule has 2 fully saturated rings. The number of ether oxygens (including phenoxy) is 2. The predicted octanol–water partition coefficient (Wildman–Crippen LogP) is 1.69. The van der Waals surface area contributed by atoms with Crippen LogP contribution in [0.15, 0.2) is 0 Å². The molecule has 1 N–H and O–H groups in total. The van der Waals surface area contributed by atoms with Crippen molar-refractivity contribution < 1.29 is 14.3 Å². The van der Waals surface area contributed by atoms with E-state index >= 15 is 0 Å². The van der Waals surface area contributed by atoms with Crippen LogP contribution in [0.25, 0.3) is 0 Å². The molecular weight excluding hydrogens is 294 g/mol. The first-order valence-corrected chi connectivity index (χ1v) is 8.76. The average Bonchev–Trinajstić information content (AvgIpc) is 2.42. The molecule has 6 nitrogen and oxygen atoms in total. The van der Waals surface area contributed by atoms with E-state index < -0.39 is 0 Å². The first-order chi connectivity index (χ1) is 10.7. The van der Waals surface area contributed by atoms with Gasteiger partial charge >= 0.3 is 6.03 Å². The standard InChI is InChI=1S/C17H33N3O3/c1-12-7-19(8-13(2)22-12)16(21)18-11-17(5,6)20-9-14(3)23-15(4)10-20/h12-15H,7-11H2,1-6H3,(H,18,21). The van der Waals surface area contributed by atoms with Gasteiger partial charge in [-0.05, 0) is 41.5 Å². The zero-order chi connectivity index (χ0) is 17.2. The molecule has 0 aromatic carbocycles. The zero-order valence-electron chi connectivity index (χ0n) is 15.5. The first-order valence-electron chi connectivity index (χ1n) is 8.76. The Hall–Kier alpha value is -0.850. The van der Waals surface area contributed by atoms with Gasteiger partial charge in [-0.2, -0.15) is 0 Å². The van der Waals surface area contributed by atoms with Crippen molar-refractivity contribution >= 4 is 6.03 Å². The van der Waals surface area contributed by atoms with Crippen molar-refractivity contribution in [2.45, 2.75) is 71.5 Å². The lowest BCUT2D eigenvalue weighted by Gasteiger charge is -2.45. The molecule has 0 aliphatic carbocycles. The molecule has 0 saturated carbocycles. The number of hydrogen-bond donors (Lipinski definition) is 1. The number of urea groups is 1. The van der Waals surface area contributed by atoms with Gasteiger partial charge in [0.05, 0.1) is 24.4 Å². The molecule has 2 saturated heterocycles. The zero-order valence-corrected chi connectivity index (χ0v) is 15.5. The van der Waals surface area contributed by atoms with Crippen molar-refractivity contribution in [3.63, 3.8) is 0 Å². The smallest absolute Gasteiger partial charge is 0.317 e. The molecule has 2 heterocycles. The summed E-state index contributed by atoms with van der Waals surface area (Å²) >= 11 is 0. The molecule has 2 aliphatic heterocycles. The normalized spacial score (nSPS) is 33.6. The fourth-order valence-electron chi connectivity index (χ4n) is 3.53. The minimum atomic E-state index is -0.0918. The summed E-state index contributed by atoms with van der Waals surface area (Å²) in [5.41, 5.74) is -0.0918. The van der Waals surface area contributed by atoms with E-state index in [0.717, 1.165) is 13.1 Å². The molecule has 2 amide bonds. The van der Waals surface area contributed by atoms with Crippen molar-refractivity contribution in [3.8, 4) is 0 Å². The van der Waals surface area contributed by atoms with E-state index in [1.807, 2.05) is 18.7 Å². The maximum atomic E-state index is 12.5. The Bertz CT molecular complexity index is 396. The SMILES string of the molecule is CC1CN(C(=O)NCC(C)(C)N2CC(C)OC(C)C2)CC(C)O1. The molecular formula is C17H33N3O3. The summed E-state index contributed by atoms with van der Waals surface area (Å²) in [6.45, 7) is 16.3. The maximum Gasteiger partial charge on any atom is 0.317 e. The van der Waals surface area contributed by atoms with Gasteiger partial charge in [0.1, 0.15) is 0 Å². The second-order valence-electron chi connectivity index (χ2n) is 7.80. The van der Waals surface area contributed by atoms with Crippen LogP contribution < -0.4 is 5.32 Å². The minimum Gasteiger partial charge on any atom is -0.373 e. The largest absolute Gasteiger partial charge is 0.373 e. The molecule has 134 valence electrons. The van der Waals surface area contributed by atoms with Gasteiger partial charge in [0.2, 0.25) is 0 Å². The van der Waals surface area contributed by atoms with E-state index in [9.17, 15) is 4.79 Å². The first kappa shape index (κ1) is 18.5. The Labute approximate surface area is 140 Å². The van der Waals surface area contributed by atoms with E-state index in [0.29, 0.717) is 19.6 Å². The van der Waals surface area contributed by atoms with Gasteiger partial charge in [-0.25, -0.2) is 4.79 Å². The number of nitrogens with one attached hydrogen (secondary N) is 1. The van der Waals surface area contributed by atoms with Crippen LogP contribution in [-0.2, 0) is 9.47 Å². The van der Waals surface area contributed by atoms with Crippen LogP contribution in [0.2, 0.25) is 0 Å². The van der Waals surface area contributed by atoms with Crippen molar-refractivity contribution in [1.82, 2.24) is 15.1 Å². The van der Waals surface area contributed by atoms with E-state index in [1.54, 1.807) is 0 Å². The molecule has 4 unspecified atom stereocenters. The molecule has 0 radical (unpaired) electrons. The highest BCUT2D eigenvalue weighted by Crippen LogP contribution is 2.21. The number of rotatable bonds is 3. The molecule has 0 aromatic rings. The van der Waals surface area contributed by atoms with Crippen LogP contribution in [0.3, 0.4) is 0 Å². The number of carbonyl (C=O) groups excluding carboxylic acids is 1. The van der Waals surface area contributed by atoms with Crippen LogP contribution in [0.4, 0.5) is 4.79 Å². The lowest BCUT2D eigenvalue weighted by Crippen LogP contribution is -2.60. The Morgan fingerprint density at radius 2 is 1.39 bits per heavy atom. The highest BCUT2D eigenvalue weighted by Gasteiger charge is 2.34. The van der Waals surface area contributed by atoms with E-state index in [2.05, 4.69) is 37.9 Å². The quantitative estimate of drug-likeness (QED) is 0.857. The number of amides is 2. The summed E-state index contributed by atoms with van der Waals surface area (Å²) in [5, 5.41) is 3.11. The molecule has 0 aromatic heterocycles. The molecule has 0 bridgehead atoms. The second kappa shape index (κ2) is 7.36. The highest BCUT2D eigenvalue weighted by atomic mass is 16.5. The molecule has 2 rings (SSSR count). The fourth-order valence-corrected chi connectivity index (χ4v) is 3.53. The summed E-state index contributed by atoms with van der Waals surface area (Å²) in [6.07, 6.45) is 0.654. The number of carbonyl (C=O) groups is 1. The van der Waals surface area contributed by atoms with Crippen LogP contribution >= 0.6 is 0 Å². The lowest BCUT2D eigenvalue weighted by atomic mass is 10.00. The third kappa shape index (κ3) is 5.06. The Morgan fingerprint density at radius 3 is 1.87 bits per heavy atom. The molecule has 0 spiro atoms. The summed E-state index contributed by atoms with van der Waals surface area (Å²) < 4.78 is 11.5. The van der Waals surface area contributed by atoms with Crippen LogP contribution in [0.5, 0.6) is 0 Å². The van der Waals surface area contributed by atoms with Crippen LogP contribution in [-0.4, -0.2) is 78.5 Å². The van der Waals surface area contributed by atoms with Crippen molar-refractivity contribution in [2.24, 2.45) is 0 Å². The fraction of sp³-hybridized carbons (Fsp3) is 0.941. The lowest BCUT2D eigenvalue weighted by molar-refractivity contribution is -0.0951. The van der Waals surface area contributed by atoms with Gasteiger partial charge in [0.15, 0.2) is 0 Å². The number of hydrogen-bond acceptors (Lipinski definition) is 4. The topological polar surface area (TPSA) is 54.0 Å². The van der Waals surface area contributed by atoms with Crippen LogP contribution in [0, 0.1) is 0 Å². The van der Waals surface area contributed by atoms with E-state index in [4.69, 9.17) is 9.47 Å². The van der Waals surface area contributed by atoms with Gasteiger partial charge in [0, 0.05) is 38.3 Å². The average molecular weight is 327 g/mol. The molecule has 6 heteroatoms. The maximum absolute atomic E-state index is 12.5. The van der Waals surface area contributed by atoms with Gasteiger partial charge in [-0.1, -0.05) is 0 Å². The van der Waals surface area contributed by atoms with Crippen molar-refractivity contribution in [3.05, 3.63) is 0 Å². The molecule has 23 heavy (non-hydrogen) atoms. The van der Waals surface area contributed by atoms with Crippen molar-refractivity contribution in [1.29, 1.82) is 0 Å². The summed E-state index contributed by atoms with van der Waals surface area (Å²) in [5.74, 6) is 0. The van der Waals surface area contributed by atoms with E-state index in [1.165, 1.54) is 0 Å². The van der Waals surface area contributed by atoms with E-state index in [-0.39, 0.29) is 36.0 Å². The van der Waals surface area contributed by atoms with Gasteiger partial charge in [-0.3, -0.25) is 4.90 Å². The van der Waals surface area contributed by atoms with Crippen molar-refractivity contribution in [2.75, 3.05) is 32.7 Å². The summed E-state index contributed by atoms with van der Waals surface area (Å²) in [7, 11) is 0. The second-order valence-corrected chi connectivity index (χ2v) is 7.80. The predicted molar refractivity (Wildman–Crippen MR) is 90.6 cm³/mol. The number of nitrogens with zero attached hydrogens (tertiary/aromatic N) is 2. The Balaban J connectivity index is 1.87. The third-order valence-electron chi connectivity index (χ3n) is 4.65. The van der Waals surface area contributed by atoms with Gasteiger partial charge in [0.25, 0.3) is 0 Å². The minimum absolute atomic E-state index is 0.00873. The summed E-state index contributed by atoms with van der Waals surface area (Å²) in [6, 6.07) is 0.00873. The van der Waals surface area contributed by atoms with Crippen LogP contribution in [0.1, 0.15) is 41.5 Å². The summed E-state index contributed by atoms with van der Waals surface area (Å²) in [4.78, 5) is 16.7. The molecule has 2 aliphatic rings. The Morgan fingerprint density at radius 1 is 0.957 bits per heavy atom. The highest BCUT2D eigenvalue weighted by molar-refractivity contribution is 5.74. The monoisotopic (exact) mass is 327 g/mol. The molecule has 4 atom stereocenters. The third-order valence-corrected chi connectivity index (χ3v) is 4.65. The van der Waals surface area contributed by atoms with Gasteiger partial charge < -0.3 is 19.7 Å².